The Balaban J connectivity index is 1.59. The molecule has 2 heterocycles. The van der Waals surface area contributed by atoms with Crippen LogP contribution in [0.5, 0.6) is 0 Å². The minimum Gasteiger partial charge on any atom is -0.467 e. The second kappa shape index (κ2) is 8.13. The van der Waals surface area contributed by atoms with Crippen LogP contribution >= 0.6 is 11.8 Å². The van der Waals surface area contributed by atoms with Crippen LogP contribution in [0.2, 0.25) is 0 Å². The molecule has 0 aliphatic carbocycles. The predicted octanol–water partition coefficient (Wildman–Crippen LogP) is 2.81. The van der Waals surface area contributed by atoms with Crippen molar-refractivity contribution in [3.8, 4) is 0 Å². The number of rotatable bonds is 7. The van der Waals surface area contributed by atoms with Crippen molar-refractivity contribution in [1.82, 2.24) is 25.5 Å². The molecule has 0 spiro atoms. The van der Waals surface area contributed by atoms with Gasteiger partial charge in [-0.3, -0.25) is 4.79 Å². The van der Waals surface area contributed by atoms with Crippen molar-refractivity contribution < 1.29 is 13.6 Å². The van der Waals surface area contributed by atoms with E-state index in [4.69, 9.17) is 4.42 Å². The van der Waals surface area contributed by atoms with Crippen LogP contribution in [0.4, 0.5) is 4.39 Å². The minimum absolute atomic E-state index is 0.153. The zero-order chi connectivity index (χ0) is 18.5. The second-order valence-electron chi connectivity index (χ2n) is 5.74. The van der Waals surface area contributed by atoms with Gasteiger partial charge in [0.2, 0.25) is 11.1 Å². The number of furan rings is 1. The summed E-state index contributed by atoms with van der Waals surface area (Å²) >= 11 is 1.26. The Morgan fingerprint density at radius 1 is 1.31 bits per heavy atom. The van der Waals surface area contributed by atoms with Gasteiger partial charge in [-0.05, 0) is 54.1 Å². The fraction of sp³-hybridized carbons (Fsp3) is 0.294. The lowest BCUT2D eigenvalue weighted by Gasteiger charge is -2.17. The summed E-state index contributed by atoms with van der Waals surface area (Å²) in [6.07, 6.45) is 1.58. The summed E-state index contributed by atoms with van der Waals surface area (Å²) in [6.45, 7) is 4.02. The lowest BCUT2D eigenvalue weighted by molar-refractivity contribution is -0.120. The lowest BCUT2D eigenvalue weighted by Crippen LogP contribution is -2.33. The molecule has 2 atom stereocenters. The highest BCUT2D eigenvalue weighted by Crippen LogP contribution is 2.22. The quantitative estimate of drug-likeness (QED) is 0.639. The van der Waals surface area contributed by atoms with Gasteiger partial charge in [0.15, 0.2) is 0 Å². The van der Waals surface area contributed by atoms with Gasteiger partial charge in [-0.1, -0.05) is 23.9 Å². The lowest BCUT2D eigenvalue weighted by atomic mass is 10.1. The number of hydrogen-bond acceptors (Lipinski definition) is 6. The van der Waals surface area contributed by atoms with Gasteiger partial charge < -0.3 is 9.73 Å². The average molecular weight is 375 g/mol. The molecule has 7 nitrogen and oxygen atoms in total. The van der Waals surface area contributed by atoms with E-state index in [0.717, 1.165) is 11.3 Å². The Kier molecular flexibility index (Phi) is 5.67. The van der Waals surface area contributed by atoms with E-state index < -0.39 is 5.25 Å². The highest BCUT2D eigenvalue weighted by atomic mass is 32.2. The van der Waals surface area contributed by atoms with Crippen LogP contribution in [-0.2, 0) is 11.3 Å². The molecule has 0 saturated carbocycles. The number of nitrogens with zero attached hydrogens (tertiary/aromatic N) is 4. The highest BCUT2D eigenvalue weighted by molar-refractivity contribution is 8.00. The number of halogens is 1. The van der Waals surface area contributed by atoms with Crippen molar-refractivity contribution in [2.75, 3.05) is 0 Å². The van der Waals surface area contributed by atoms with E-state index in [2.05, 4.69) is 20.8 Å². The topological polar surface area (TPSA) is 85.8 Å². The number of thioether (sulfide) groups is 1. The van der Waals surface area contributed by atoms with Crippen LogP contribution in [-0.4, -0.2) is 31.4 Å². The number of benzene rings is 1. The van der Waals surface area contributed by atoms with E-state index in [1.807, 2.05) is 13.0 Å². The summed E-state index contributed by atoms with van der Waals surface area (Å²) < 4.78 is 19.9. The Hall–Kier alpha value is -2.68. The molecular formula is C17H18FN5O2S. The van der Waals surface area contributed by atoms with Gasteiger partial charge >= 0.3 is 0 Å². The van der Waals surface area contributed by atoms with Gasteiger partial charge in [-0.15, -0.1) is 5.10 Å². The molecule has 3 aromatic rings. The molecule has 0 bridgehead atoms. The molecule has 2 aromatic heterocycles. The predicted molar refractivity (Wildman–Crippen MR) is 93.9 cm³/mol. The van der Waals surface area contributed by atoms with E-state index in [-0.39, 0.29) is 17.8 Å². The van der Waals surface area contributed by atoms with Gasteiger partial charge in [0.25, 0.3) is 0 Å². The largest absolute Gasteiger partial charge is 0.467 e. The van der Waals surface area contributed by atoms with Crippen LogP contribution < -0.4 is 5.32 Å². The average Bonchev–Trinajstić information content (AvgIpc) is 3.28. The first-order valence-electron chi connectivity index (χ1n) is 8.04. The SMILES string of the molecule is CC(Sc1nnnn1Cc1ccco1)C(=O)NC(C)c1ccc(F)cc1. The third kappa shape index (κ3) is 4.48. The maximum absolute atomic E-state index is 13.0. The maximum atomic E-state index is 13.0. The molecule has 1 amide bonds. The van der Waals surface area contributed by atoms with Gasteiger partial charge in [0.05, 0.1) is 17.6 Å². The fourth-order valence-electron chi connectivity index (χ4n) is 2.31. The summed E-state index contributed by atoms with van der Waals surface area (Å²) in [5.74, 6) is 0.264. The van der Waals surface area contributed by atoms with Crippen LogP contribution in [0.3, 0.4) is 0 Å². The van der Waals surface area contributed by atoms with Crippen LogP contribution in [0.1, 0.15) is 31.2 Å². The van der Waals surface area contributed by atoms with Crippen molar-refractivity contribution >= 4 is 17.7 Å². The van der Waals surface area contributed by atoms with Crippen LogP contribution in [0, 0.1) is 5.82 Å². The van der Waals surface area contributed by atoms with Gasteiger partial charge in [0.1, 0.15) is 18.1 Å². The first kappa shape index (κ1) is 18.1. The second-order valence-corrected chi connectivity index (χ2v) is 7.05. The summed E-state index contributed by atoms with van der Waals surface area (Å²) in [4.78, 5) is 12.4. The summed E-state index contributed by atoms with van der Waals surface area (Å²) in [5.41, 5.74) is 0.833. The zero-order valence-corrected chi connectivity index (χ0v) is 15.1. The first-order chi connectivity index (χ1) is 12.5. The van der Waals surface area contributed by atoms with Gasteiger partial charge in [-0.25, -0.2) is 9.07 Å². The molecule has 1 N–H and O–H groups in total. The Morgan fingerprint density at radius 2 is 2.08 bits per heavy atom. The number of aromatic nitrogens is 4. The molecule has 1 aromatic carbocycles. The van der Waals surface area contributed by atoms with Crippen molar-refractivity contribution in [3.63, 3.8) is 0 Å². The zero-order valence-electron chi connectivity index (χ0n) is 14.3. The number of nitrogens with one attached hydrogen (secondary N) is 1. The minimum atomic E-state index is -0.403. The van der Waals surface area contributed by atoms with Crippen LogP contribution in [0.25, 0.3) is 0 Å². The van der Waals surface area contributed by atoms with Gasteiger partial charge in [-0.2, -0.15) is 0 Å². The van der Waals surface area contributed by atoms with Crippen molar-refractivity contribution in [1.29, 1.82) is 0 Å². The maximum Gasteiger partial charge on any atom is 0.233 e. The standard InChI is InChI=1S/C17H18FN5O2S/c1-11(13-5-7-14(18)8-6-13)19-16(24)12(2)26-17-20-21-22-23(17)10-15-4-3-9-25-15/h3-9,11-12H,10H2,1-2H3,(H,19,24). The summed E-state index contributed by atoms with van der Waals surface area (Å²) in [5, 5.41) is 14.6. The third-order valence-electron chi connectivity index (χ3n) is 3.76. The fourth-order valence-corrected chi connectivity index (χ4v) is 3.11. The molecule has 0 fully saturated rings. The first-order valence-corrected chi connectivity index (χ1v) is 8.92. The number of hydrogen-bond donors (Lipinski definition) is 1. The third-order valence-corrected chi connectivity index (χ3v) is 4.84. The Labute approximate surface area is 154 Å². The van der Waals surface area contributed by atoms with E-state index in [0.29, 0.717) is 11.7 Å². The molecule has 3 rings (SSSR count). The number of amides is 1. The van der Waals surface area contributed by atoms with E-state index in [9.17, 15) is 9.18 Å². The highest BCUT2D eigenvalue weighted by Gasteiger charge is 2.20. The molecule has 9 heteroatoms. The molecule has 0 aliphatic heterocycles. The molecule has 136 valence electrons. The number of tetrazole rings is 1. The Morgan fingerprint density at radius 3 is 2.77 bits per heavy atom. The summed E-state index contributed by atoms with van der Waals surface area (Å²) in [6, 6.07) is 9.45. The number of carbonyl (C=O) groups is 1. The smallest absolute Gasteiger partial charge is 0.233 e. The normalized spacial score (nSPS) is 13.3. The Bertz CT molecular complexity index is 850. The molecule has 26 heavy (non-hydrogen) atoms. The number of carbonyl (C=O) groups excluding carboxylic acids is 1. The monoisotopic (exact) mass is 375 g/mol. The van der Waals surface area contributed by atoms with E-state index in [1.165, 1.54) is 23.9 Å². The van der Waals surface area contributed by atoms with Crippen molar-refractivity contribution in [3.05, 3.63) is 59.8 Å². The van der Waals surface area contributed by atoms with Crippen LogP contribution in [0.15, 0.2) is 52.2 Å². The van der Waals surface area contributed by atoms with E-state index >= 15 is 0 Å². The van der Waals surface area contributed by atoms with Crippen molar-refractivity contribution in [2.45, 2.75) is 36.8 Å². The van der Waals surface area contributed by atoms with Crippen molar-refractivity contribution in [2.24, 2.45) is 0 Å². The molecule has 2 unspecified atom stereocenters. The summed E-state index contributed by atoms with van der Waals surface area (Å²) in [7, 11) is 0. The molecular weight excluding hydrogens is 357 g/mol. The van der Waals surface area contributed by atoms with Gasteiger partial charge in [0, 0.05) is 0 Å². The molecule has 0 radical (unpaired) electrons. The van der Waals surface area contributed by atoms with E-state index in [1.54, 1.807) is 36.1 Å². The molecule has 0 saturated heterocycles. The molecule has 0 aliphatic rings.